The Morgan fingerprint density at radius 3 is 2.61 bits per heavy atom. The lowest BCUT2D eigenvalue weighted by atomic mass is 9.87. The van der Waals surface area contributed by atoms with Crippen molar-refractivity contribution in [2.24, 2.45) is 5.41 Å². The van der Waals surface area contributed by atoms with Gasteiger partial charge in [0.15, 0.2) is 0 Å². The van der Waals surface area contributed by atoms with Crippen LogP contribution in [0.4, 0.5) is 0 Å². The second-order valence-corrected chi connectivity index (χ2v) is 4.66. The minimum atomic E-state index is -0.963. The van der Waals surface area contributed by atoms with Gasteiger partial charge >= 0.3 is 5.97 Å². The van der Waals surface area contributed by atoms with Crippen LogP contribution in [0.2, 0.25) is 5.15 Å². The van der Waals surface area contributed by atoms with Crippen LogP contribution in [0.1, 0.15) is 30.6 Å². The summed E-state index contributed by atoms with van der Waals surface area (Å²) in [5.41, 5.74) is -0.613. The molecule has 0 aromatic carbocycles. The van der Waals surface area contributed by atoms with Crippen LogP contribution in [-0.4, -0.2) is 28.5 Å². The van der Waals surface area contributed by atoms with Crippen LogP contribution >= 0.6 is 11.6 Å². The Morgan fingerprint density at radius 1 is 1.50 bits per heavy atom. The van der Waals surface area contributed by atoms with E-state index in [0.29, 0.717) is 17.1 Å². The van der Waals surface area contributed by atoms with Gasteiger partial charge in [0.25, 0.3) is 5.91 Å². The zero-order chi connectivity index (χ0) is 13.8. The molecule has 1 rings (SSSR count). The molecule has 0 aliphatic rings. The van der Waals surface area contributed by atoms with Crippen LogP contribution in [-0.2, 0) is 4.79 Å². The van der Waals surface area contributed by atoms with E-state index in [9.17, 15) is 9.59 Å². The molecule has 2 N–H and O–H groups in total. The average Bonchev–Trinajstić information content (AvgIpc) is 2.36. The fraction of sp³-hybridized carbons (Fsp3) is 0.417. The van der Waals surface area contributed by atoms with Crippen molar-refractivity contribution < 1.29 is 14.7 Å². The molecule has 1 unspecified atom stereocenters. The fourth-order valence-corrected chi connectivity index (χ4v) is 1.35. The van der Waals surface area contributed by atoms with Crippen molar-refractivity contribution in [2.75, 3.05) is 6.54 Å². The number of halogens is 1. The van der Waals surface area contributed by atoms with Crippen molar-refractivity contribution in [1.82, 2.24) is 10.3 Å². The molecule has 5 nitrogen and oxygen atoms in total. The number of pyridine rings is 1. The van der Waals surface area contributed by atoms with E-state index in [0.717, 1.165) is 0 Å². The lowest BCUT2D eigenvalue weighted by Crippen LogP contribution is -2.40. The number of carboxylic acids is 1. The van der Waals surface area contributed by atoms with Gasteiger partial charge in [0.2, 0.25) is 0 Å². The largest absolute Gasteiger partial charge is 0.481 e. The maximum atomic E-state index is 11.8. The third kappa shape index (κ3) is 3.43. The Hall–Kier alpha value is -1.62. The number of hydrogen-bond donors (Lipinski definition) is 2. The number of carboxylic acid groups (broad SMARTS) is 1. The molecular weight excluding hydrogens is 256 g/mol. The highest BCUT2D eigenvalue weighted by Gasteiger charge is 2.31. The van der Waals surface area contributed by atoms with Crippen LogP contribution < -0.4 is 5.32 Å². The molecule has 0 bridgehead atoms. The van der Waals surface area contributed by atoms with Crippen molar-refractivity contribution in [2.45, 2.75) is 20.3 Å². The van der Waals surface area contributed by atoms with Crippen molar-refractivity contribution in [1.29, 1.82) is 0 Å². The lowest BCUT2D eigenvalue weighted by Gasteiger charge is -2.23. The number of nitrogens with zero attached hydrogens (tertiary/aromatic N) is 1. The van der Waals surface area contributed by atoms with Gasteiger partial charge in [0, 0.05) is 12.7 Å². The summed E-state index contributed by atoms with van der Waals surface area (Å²) in [4.78, 5) is 26.6. The van der Waals surface area contributed by atoms with Gasteiger partial charge in [-0.3, -0.25) is 9.59 Å². The lowest BCUT2D eigenvalue weighted by molar-refractivity contribution is -0.147. The monoisotopic (exact) mass is 270 g/mol. The number of aromatic nitrogens is 1. The van der Waals surface area contributed by atoms with Gasteiger partial charge in [-0.05, 0) is 25.5 Å². The highest BCUT2D eigenvalue weighted by atomic mass is 35.5. The first-order valence-corrected chi connectivity index (χ1v) is 5.90. The van der Waals surface area contributed by atoms with E-state index in [2.05, 4.69) is 10.3 Å². The molecule has 0 fully saturated rings. The number of aliphatic carboxylic acids is 1. The Labute approximate surface area is 110 Å². The molecule has 1 aromatic rings. The summed E-state index contributed by atoms with van der Waals surface area (Å²) in [5.74, 6) is -1.29. The van der Waals surface area contributed by atoms with Crippen molar-refractivity contribution >= 4 is 23.5 Å². The predicted octanol–water partition coefficient (Wildman–Crippen LogP) is 1.97. The van der Waals surface area contributed by atoms with Gasteiger partial charge in [-0.25, -0.2) is 4.98 Å². The Bertz CT molecular complexity index is 447. The second-order valence-electron chi connectivity index (χ2n) is 4.27. The Morgan fingerprint density at radius 2 is 2.17 bits per heavy atom. The first kappa shape index (κ1) is 14.4. The molecule has 6 heteroatoms. The smallest absolute Gasteiger partial charge is 0.311 e. The molecule has 0 radical (unpaired) electrons. The maximum Gasteiger partial charge on any atom is 0.311 e. The minimum absolute atomic E-state index is 0.0697. The van der Waals surface area contributed by atoms with Crippen LogP contribution in [0.25, 0.3) is 0 Å². The third-order valence-corrected chi connectivity index (χ3v) is 3.15. The van der Waals surface area contributed by atoms with Gasteiger partial charge in [0.05, 0.1) is 11.0 Å². The SMILES string of the molecule is CCC(C)(CNC(=O)c1ccc(Cl)nc1)C(=O)O. The average molecular weight is 271 g/mol. The minimum Gasteiger partial charge on any atom is -0.481 e. The molecule has 1 aromatic heterocycles. The number of nitrogens with one attached hydrogen (secondary N) is 1. The maximum absolute atomic E-state index is 11.8. The van der Waals surface area contributed by atoms with Gasteiger partial charge in [0.1, 0.15) is 5.15 Å². The van der Waals surface area contributed by atoms with Crippen LogP contribution in [0.15, 0.2) is 18.3 Å². The van der Waals surface area contributed by atoms with E-state index >= 15 is 0 Å². The number of carbonyl (C=O) groups is 2. The van der Waals surface area contributed by atoms with Crippen LogP contribution in [0.3, 0.4) is 0 Å². The van der Waals surface area contributed by atoms with Gasteiger partial charge in [-0.1, -0.05) is 18.5 Å². The first-order chi connectivity index (χ1) is 8.39. The highest BCUT2D eigenvalue weighted by molar-refractivity contribution is 6.29. The van der Waals surface area contributed by atoms with Crippen molar-refractivity contribution in [3.8, 4) is 0 Å². The molecule has 18 heavy (non-hydrogen) atoms. The number of hydrogen-bond acceptors (Lipinski definition) is 3. The topological polar surface area (TPSA) is 79.3 Å². The molecule has 0 aliphatic heterocycles. The summed E-state index contributed by atoms with van der Waals surface area (Å²) >= 11 is 5.61. The summed E-state index contributed by atoms with van der Waals surface area (Å²) in [6.45, 7) is 3.43. The standard InChI is InChI=1S/C12H15ClN2O3/c1-3-12(2,11(17)18)7-15-10(16)8-4-5-9(13)14-6-8/h4-6H,3,7H2,1-2H3,(H,15,16)(H,17,18). The van der Waals surface area contributed by atoms with Gasteiger partial charge in [-0.2, -0.15) is 0 Å². The summed E-state index contributed by atoms with van der Waals surface area (Å²) in [6.07, 6.45) is 1.78. The fourth-order valence-electron chi connectivity index (χ4n) is 1.24. The van der Waals surface area contributed by atoms with Crippen molar-refractivity contribution in [3.05, 3.63) is 29.0 Å². The Kier molecular flexibility index (Phi) is 4.67. The molecule has 0 saturated carbocycles. The number of carbonyl (C=O) groups excluding carboxylic acids is 1. The normalized spacial score (nSPS) is 13.7. The molecule has 98 valence electrons. The second kappa shape index (κ2) is 5.82. The van der Waals surface area contributed by atoms with Crippen molar-refractivity contribution in [3.63, 3.8) is 0 Å². The highest BCUT2D eigenvalue weighted by Crippen LogP contribution is 2.20. The quantitative estimate of drug-likeness (QED) is 0.802. The summed E-state index contributed by atoms with van der Waals surface area (Å²) in [5, 5.41) is 12.0. The zero-order valence-electron chi connectivity index (χ0n) is 10.2. The van der Waals surface area contributed by atoms with E-state index in [1.54, 1.807) is 13.8 Å². The van der Waals surface area contributed by atoms with E-state index < -0.39 is 11.4 Å². The van der Waals surface area contributed by atoms with Crippen LogP contribution in [0, 0.1) is 5.41 Å². The number of amides is 1. The third-order valence-electron chi connectivity index (χ3n) is 2.93. The van der Waals surface area contributed by atoms with E-state index in [4.69, 9.17) is 16.7 Å². The summed E-state index contributed by atoms with van der Waals surface area (Å²) in [6, 6.07) is 3.04. The van der Waals surface area contributed by atoms with Gasteiger partial charge < -0.3 is 10.4 Å². The molecule has 0 aliphatic carbocycles. The van der Waals surface area contributed by atoms with E-state index in [1.807, 2.05) is 0 Å². The number of rotatable bonds is 5. The van der Waals surface area contributed by atoms with E-state index in [-0.39, 0.29) is 12.5 Å². The molecule has 0 spiro atoms. The molecule has 1 amide bonds. The van der Waals surface area contributed by atoms with Gasteiger partial charge in [-0.15, -0.1) is 0 Å². The first-order valence-electron chi connectivity index (χ1n) is 5.52. The molecule has 1 heterocycles. The van der Waals surface area contributed by atoms with E-state index in [1.165, 1.54) is 18.3 Å². The molecule has 0 saturated heterocycles. The predicted molar refractivity (Wildman–Crippen MR) is 67.6 cm³/mol. The zero-order valence-corrected chi connectivity index (χ0v) is 11.0. The summed E-state index contributed by atoms with van der Waals surface area (Å²) in [7, 11) is 0. The van der Waals surface area contributed by atoms with Crippen LogP contribution in [0.5, 0.6) is 0 Å². The summed E-state index contributed by atoms with van der Waals surface area (Å²) < 4.78 is 0. The molecule has 1 atom stereocenters. The Balaban J connectivity index is 2.66. The molecular formula is C12H15ClN2O3.